The molecule has 0 aliphatic heterocycles. The first-order valence-electron chi connectivity index (χ1n) is 4.52. The maximum absolute atomic E-state index is 10.7. The summed E-state index contributed by atoms with van der Waals surface area (Å²) in [4.78, 5) is 14.7. The molecule has 6 nitrogen and oxygen atoms in total. The molecule has 2 N–H and O–H groups in total. The van der Waals surface area contributed by atoms with Crippen molar-refractivity contribution in [1.82, 2.24) is 20.1 Å². The van der Waals surface area contributed by atoms with Gasteiger partial charge in [-0.1, -0.05) is 11.8 Å². The SMILES string of the molecule is CNC(CCSc1ncnn1C)C(=O)O. The monoisotopic (exact) mass is 230 g/mol. The van der Waals surface area contributed by atoms with E-state index in [9.17, 15) is 4.79 Å². The number of hydrogen-bond donors (Lipinski definition) is 2. The molecule has 7 heteroatoms. The van der Waals surface area contributed by atoms with Crippen LogP contribution >= 0.6 is 11.8 Å². The maximum atomic E-state index is 10.7. The fourth-order valence-corrected chi connectivity index (χ4v) is 1.97. The molecule has 0 radical (unpaired) electrons. The number of aromatic nitrogens is 3. The van der Waals surface area contributed by atoms with Gasteiger partial charge in [0.05, 0.1) is 0 Å². The second kappa shape index (κ2) is 5.72. The Hall–Kier alpha value is -1.08. The highest BCUT2D eigenvalue weighted by Crippen LogP contribution is 2.14. The summed E-state index contributed by atoms with van der Waals surface area (Å²) < 4.78 is 1.67. The Morgan fingerprint density at radius 3 is 3.00 bits per heavy atom. The van der Waals surface area contributed by atoms with E-state index in [1.54, 1.807) is 11.7 Å². The van der Waals surface area contributed by atoms with Gasteiger partial charge in [0, 0.05) is 12.8 Å². The van der Waals surface area contributed by atoms with Crippen molar-refractivity contribution < 1.29 is 9.90 Å². The Labute approximate surface area is 92.1 Å². The van der Waals surface area contributed by atoms with E-state index < -0.39 is 12.0 Å². The minimum absolute atomic E-state index is 0.495. The highest BCUT2D eigenvalue weighted by molar-refractivity contribution is 7.99. The summed E-state index contributed by atoms with van der Waals surface area (Å²) in [5.74, 6) is -0.124. The van der Waals surface area contributed by atoms with Crippen molar-refractivity contribution in [2.75, 3.05) is 12.8 Å². The van der Waals surface area contributed by atoms with Crippen molar-refractivity contribution in [3.05, 3.63) is 6.33 Å². The van der Waals surface area contributed by atoms with Crippen molar-refractivity contribution in [3.63, 3.8) is 0 Å². The van der Waals surface area contributed by atoms with Crippen LogP contribution in [0.25, 0.3) is 0 Å². The van der Waals surface area contributed by atoms with E-state index in [-0.39, 0.29) is 0 Å². The molecule has 1 unspecified atom stereocenters. The minimum atomic E-state index is -0.823. The minimum Gasteiger partial charge on any atom is -0.480 e. The summed E-state index contributed by atoms with van der Waals surface area (Å²) in [6, 6.07) is -0.495. The summed E-state index contributed by atoms with van der Waals surface area (Å²) >= 11 is 1.50. The summed E-state index contributed by atoms with van der Waals surface area (Å²) in [6.45, 7) is 0. The zero-order valence-electron chi connectivity index (χ0n) is 8.67. The number of carbonyl (C=O) groups is 1. The summed E-state index contributed by atoms with van der Waals surface area (Å²) in [7, 11) is 3.45. The lowest BCUT2D eigenvalue weighted by Gasteiger charge is -2.09. The van der Waals surface area contributed by atoms with E-state index in [4.69, 9.17) is 5.11 Å². The second-order valence-electron chi connectivity index (χ2n) is 2.98. The quantitative estimate of drug-likeness (QED) is 0.668. The third kappa shape index (κ3) is 3.52. The predicted molar refractivity (Wildman–Crippen MR) is 56.8 cm³/mol. The lowest BCUT2D eigenvalue weighted by Crippen LogP contribution is -2.34. The molecular formula is C8H14N4O2S. The van der Waals surface area contributed by atoms with Crippen LogP contribution in [0, 0.1) is 0 Å². The standard InChI is InChI=1S/C8H14N4O2S/c1-9-6(7(13)14)3-4-15-8-10-5-11-12(8)2/h5-6,9H,3-4H2,1-2H3,(H,13,14). The van der Waals surface area contributed by atoms with Crippen molar-refractivity contribution >= 4 is 17.7 Å². The Morgan fingerprint density at radius 2 is 2.53 bits per heavy atom. The zero-order chi connectivity index (χ0) is 11.3. The highest BCUT2D eigenvalue weighted by Gasteiger charge is 2.14. The van der Waals surface area contributed by atoms with Crippen LogP contribution in [-0.2, 0) is 11.8 Å². The number of carboxylic acids is 1. The van der Waals surface area contributed by atoms with Crippen molar-refractivity contribution in [2.24, 2.45) is 7.05 Å². The number of aryl methyl sites for hydroxylation is 1. The molecule has 0 saturated carbocycles. The number of rotatable bonds is 6. The highest BCUT2D eigenvalue weighted by atomic mass is 32.2. The molecule has 0 aliphatic carbocycles. The van der Waals surface area contributed by atoms with E-state index in [1.807, 2.05) is 7.05 Å². The molecule has 0 aliphatic rings. The topological polar surface area (TPSA) is 80.0 Å². The van der Waals surface area contributed by atoms with Crippen LogP contribution in [0.1, 0.15) is 6.42 Å². The van der Waals surface area contributed by atoms with Gasteiger partial charge in [0.2, 0.25) is 0 Å². The van der Waals surface area contributed by atoms with Crippen LogP contribution in [0.3, 0.4) is 0 Å². The molecule has 0 aromatic carbocycles. The summed E-state index contributed by atoms with van der Waals surface area (Å²) in [6.07, 6.45) is 2.04. The molecule has 1 rings (SSSR count). The van der Waals surface area contributed by atoms with Crippen LogP contribution in [0.15, 0.2) is 11.5 Å². The Morgan fingerprint density at radius 1 is 1.80 bits per heavy atom. The van der Waals surface area contributed by atoms with Crippen LogP contribution in [0.4, 0.5) is 0 Å². The number of likely N-dealkylation sites (N-methyl/N-ethyl adjacent to an activating group) is 1. The van der Waals surface area contributed by atoms with Gasteiger partial charge in [0.1, 0.15) is 12.4 Å². The predicted octanol–water partition coefficient (Wildman–Crippen LogP) is -0.0301. The van der Waals surface area contributed by atoms with Gasteiger partial charge in [-0.2, -0.15) is 5.10 Å². The Kier molecular flexibility index (Phi) is 4.57. The summed E-state index contributed by atoms with van der Waals surface area (Å²) in [5.41, 5.74) is 0. The molecule has 1 aromatic heterocycles. The first kappa shape index (κ1) is 12.0. The molecule has 1 atom stereocenters. The average molecular weight is 230 g/mol. The number of nitrogens with zero attached hydrogens (tertiary/aromatic N) is 3. The molecule has 0 fully saturated rings. The molecule has 15 heavy (non-hydrogen) atoms. The first-order chi connectivity index (χ1) is 7.15. The largest absolute Gasteiger partial charge is 0.480 e. The van der Waals surface area contributed by atoms with Crippen molar-refractivity contribution in [3.8, 4) is 0 Å². The van der Waals surface area contributed by atoms with Gasteiger partial charge in [0.25, 0.3) is 0 Å². The van der Waals surface area contributed by atoms with Crippen LogP contribution < -0.4 is 5.32 Å². The number of carboxylic acid groups (broad SMARTS) is 1. The average Bonchev–Trinajstić information content (AvgIpc) is 2.58. The molecular weight excluding hydrogens is 216 g/mol. The number of aliphatic carboxylic acids is 1. The molecule has 0 spiro atoms. The molecule has 0 amide bonds. The van der Waals surface area contributed by atoms with E-state index in [2.05, 4.69) is 15.4 Å². The van der Waals surface area contributed by atoms with Gasteiger partial charge in [-0.25, -0.2) is 9.67 Å². The second-order valence-corrected chi connectivity index (χ2v) is 4.04. The van der Waals surface area contributed by atoms with Gasteiger partial charge < -0.3 is 10.4 Å². The normalized spacial score (nSPS) is 12.7. The lowest BCUT2D eigenvalue weighted by atomic mass is 10.2. The zero-order valence-corrected chi connectivity index (χ0v) is 9.49. The molecule has 0 saturated heterocycles. The third-order valence-electron chi connectivity index (χ3n) is 1.95. The molecule has 1 heterocycles. The van der Waals surface area contributed by atoms with Gasteiger partial charge in [0.15, 0.2) is 5.16 Å². The van der Waals surface area contributed by atoms with Gasteiger partial charge >= 0.3 is 5.97 Å². The fraction of sp³-hybridized carbons (Fsp3) is 0.625. The van der Waals surface area contributed by atoms with Crippen molar-refractivity contribution in [1.29, 1.82) is 0 Å². The maximum Gasteiger partial charge on any atom is 0.320 e. The van der Waals surface area contributed by atoms with E-state index in [0.29, 0.717) is 12.2 Å². The lowest BCUT2D eigenvalue weighted by molar-refractivity contribution is -0.139. The molecule has 0 bridgehead atoms. The number of thioether (sulfide) groups is 1. The molecule has 1 aromatic rings. The third-order valence-corrected chi connectivity index (χ3v) is 3.02. The Bertz CT molecular complexity index is 328. The van der Waals surface area contributed by atoms with E-state index >= 15 is 0 Å². The Balaban J connectivity index is 2.33. The van der Waals surface area contributed by atoms with Crippen LogP contribution in [0.5, 0.6) is 0 Å². The summed E-state index contributed by atoms with van der Waals surface area (Å²) in [5, 5.41) is 16.2. The number of hydrogen-bond acceptors (Lipinski definition) is 5. The van der Waals surface area contributed by atoms with Gasteiger partial charge in [-0.05, 0) is 13.5 Å². The molecule has 84 valence electrons. The van der Waals surface area contributed by atoms with E-state index in [1.165, 1.54) is 18.1 Å². The van der Waals surface area contributed by atoms with Gasteiger partial charge in [-0.15, -0.1) is 0 Å². The fourth-order valence-electron chi connectivity index (χ4n) is 1.08. The van der Waals surface area contributed by atoms with Crippen molar-refractivity contribution in [2.45, 2.75) is 17.6 Å². The first-order valence-corrected chi connectivity index (χ1v) is 5.50. The van der Waals surface area contributed by atoms with Gasteiger partial charge in [-0.3, -0.25) is 4.79 Å². The van der Waals surface area contributed by atoms with E-state index in [0.717, 1.165) is 5.16 Å². The smallest absolute Gasteiger partial charge is 0.320 e. The van der Waals surface area contributed by atoms with Crippen LogP contribution in [-0.4, -0.2) is 44.7 Å². The van der Waals surface area contributed by atoms with Crippen LogP contribution in [0.2, 0.25) is 0 Å². The number of nitrogens with one attached hydrogen (secondary N) is 1.